The Kier molecular flexibility index (Phi) is 31.6. The molecule has 12 heteroatoms. The molecule has 12 N–H and O–H groups in total. The smallest absolute Gasteiger partial charge is 0.105 e. The van der Waals surface area contributed by atoms with E-state index in [2.05, 4.69) is 19.9 Å². The molecule has 12 nitrogen and oxygen atoms in total. The predicted molar refractivity (Wildman–Crippen MR) is 296 cm³/mol. The molecule has 0 aromatic heterocycles. The number of rotatable bonds is 44. The molecule has 11 atom stereocenters. The van der Waals surface area contributed by atoms with Gasteiger partial charge in [0.05, 0.1) is 62.6 Å². The highest BCUT2D eigenvalue weighted by Gasteiger charge is 2.32. The van der Waals surface area contributed by atoms with Gasteiger partial charge in [0.15, 0.2) is 0 Å². The van der Waals surface area contributed by atoms with Crippen LogP contribution >= 0.6 is 0 Å². The van der Waals surface area contributed by atoms with Gasteiger partial charge in [-0.25, -0.2) is 0 Å². The Balaban J connectivity index is 4.47. The fourth-order valence-electron chi connectivity index (χ4n) is 10.4. The molecule has 0 aliphatic carbocycles. The maximum Gasteiger partial charge on any atom is 0.105 e. The van der Waals surface area contributed by atoms with Crippen molar-refractivity contribution in [3.63, 3.8) is 0 Å². The van der Waals surface area contributed by atoms with E-state index in [4.69, 9.17) is 5.11 Å². The second kappa shape index (κ2) is 32.0. The molecular weight excluding hydrogens is 913 g/mol. The fraction of sp³-hybridized carbons (Fsp3) is 0.933. The highest BCUT2D eigenvalue weighted by Crippen LogP contribution is 2.34. The number of allylic oxidation sites excluding steroid dienone is 4. The molecule has 0 saturated carbocycles. The Morgan fingerprint density at radius 1 is 0.319 bits per heavy atom. The van der Waals surface area contributed by atoms with Gasteiger partial charge in [-0.3, -0.25) is 0 Å². The summed E-state index contributed by atoms with van der Waals surface area (Å²) in [6, 6.07) is 0. The van der Waals surface area contributed by atoms with E-state index in [0.717, 1.165) is 31.3 Å². The normalized spacial score (nSPS) is 21.5. The molecule has 0 aliphatic heterocycles. The van der Waals surface area contributed by atoms with Gasteiger partial charge in [0.25, 0.3) is 0 Å². The van der Waals surface area contributed by atoms with Gasteiger partial charge in [-0.15, -0.1) is 0 Å². The first-order valence-corrected chi connectivity index (χ1v) is 28.5. The number of aliphatic hydroxyl groups is 12. The largest absolute Gasteiger partial charge is 0.394 e. The zero-order chi connectivity index (χ0) is 55.8. The lowest BCUT2D eigenvalue weighted by atomic mass is 9.83. The molecule has 0 aliphatic rings. The molecule has 0 aromatic carbocycles. The molecule has 0 radical (unpaired) electrons. The minimum Gasteiger partial charge on any atom is -0.394 e. The van der Waals surface area contributed by atoms with Gasteiger partial charge in [0.2, 0.25) is 0 Å². The summed E-state index contributed by atoms with van der Waals surface area (Å²) < 4.78 is 0. The lowest BCUT2D eigenvalue weighted by Crippen LogP contribution is -2.41. The van der Waals surface area contributed by atoms with Crippen LogP contribution in [0.1, 0.15) is 289 Å². The van der Waals surface area contributed by atoms with Gasteiger partial charge in [-0.1, -0.05) is 23.3 Å². The molecular formula is C60H118O12. The lowest BCUT2D eigenvalue weighted by molar-refractivity contribution is -0.0866. The minimum absolute atomic E-state index is 0.341. The first kappa shape index (κ1) is 71.0. The van der Waals surface area contributed by atoms with Crippen LogP contribution in [-0.4, -0.2) is 130 Å². The van der Waals surface area contributed by atoms with Crippen molar-refractivity contribution in [2.45, 2.75) is 351 Å². The van der Waals surface area contributed by atoms with Crippen LogP contribution in [0.25, 0.3) is 0 Å². The van der Waals surface area contributed by atoms with Crippen molar-refractivity contribution >= 4 is 0 Å². The van der Waals surface area contributed by atoms with Gasteiger partial charge in [0.1, 0.15) is 6.10 Å². The van der Waals surface area contributed by atoms with Crippen LogP contribution < -0.4 is 0 Å². The van der Waals surface area contributed by atoms with E-state index in [9.17, 15) is 56.2 Å². The fourth-order valence-corrected chi connectivity index (χ4v) is 10.4. The van der Waals surface area contributed by atoms with Crippen molar-refractivity contribution in [1.29, 1.82) is 0 Å². The topological polar surface area (TPSA) is 243 Å². The van der Waals surface area contributed by atoms with E-state index in [1.54, 1.807) is 0 Å². The molecule has 0 amide bonds. The molecule has 72 heavy (non-hydrogen) atoms. The Labute approximate surface area is 440 Å². The van der Waals surface area contributed by atoms with E-state index < -0.39 is 68.7 Å². The summed E-state index contributed by atoms with van der Waals surface area (Å²) in [6.07, 6.45) is 21.8. The molecule has 430 valence electrons. The second-order valence-electron chi connectivity index (χ2n) is 26.6. The molecule has 0 aromatic rings. The highest BCUT2D eigenvalue weighted by molar-refractivity contribution is 5.00. The van der Waals surface area contributed by atoms with E-state index >= 15 is 0 Å². The van der Waals surface area contributed by atoms with Crippen molar-refractivity contribution in [3.05, 3.63) is 23.3 Å². The van der Waals surface area contributed by atoms with Crippen molar-refractivity contribution in [2.75, 3.05) is 6.61 Å². The average molecular weight is 1030 g/mol. The highest BCUT2D eigenvalue weighted by atomic mass is 16.4. The molecule has 0 unspecified atom stereocenters. The summed E-state index contributed by atoms with van der Waals surface area (Å²) >= 11 is 0. The molecule has 0 saturated heterocycles. The summed E-state index contributed by atoms with van der Waals surface area (Å²) in [4.78, 5) is 0. The third-order valence-electron chi connectivity index (χ3n) is 16.0. The van der Waals surface area contributed by atoms with Gasteiger partial charge >= 0.3 is 0 Å². The Hall–Kier alpha value is -1.00. The Morgan fingerprint density at radius 2 is 0.528 bits per heavy atom. The maximum atomic E-state index is 11.2. The third-order valence-corrected chi connectivity index (χ3v) is 16.0. The first-order chi connectivity index (χ1) is 32.7. The first-order valence-electron chi connectivity index (χ1n) is 28.5. The number of hydrogen-bond donors (Lipinski definition) is 12. The summed E-state index contributed by atoms with van der Waals surface area (Å²) in [5, 5.41) is 129. The minimum atomic E-state index is -1.34. The standard InChI is InChI=1S/C60H118O12/c1-48(2)25-14-28-51(4,63)30-17-32-53(6,65)34-19-36-55(8,67)38-21-40-57(10,69)42-23-44-59(12,71)45-24-43-58(11,70)41-22-39-56(9,68)37-20-35-54(7,66)33-18-31-52(5,64)29-15-26-49(3)27-16-46-60(13,72)50(62)47-61/h25,27,50,61-72H,14-24,26,28-47H2,1-13H3/b49-27+/t50-,51-,52+,53-,54+,55-,56+,57-,58+,59-,60-/m1/s1. The van der Waals surface area contributed by atoms with Crippen LogP contribution in [0.3, 0.4) is 0 Å². The number of aliphatic hydroxyl groups excluding tert-OH is 2. The molecule has 0 fully saturated rings. The zero-order valence-corrected chi connectivity index (χ0v) is 48.7. The van der Waals surface area contributed by atoms with E-state index in [1.165, 1.54) is 12.5 Å². The Morgan fingerprint density at radius 3 is 0.750 bits per heavy atom. The van der Waals surface area contributed by atoms with Gasteiger partial charge in [0, 0.05) is 0 Å². The summed E-state index contributed by atoms with van der Waals surface area (Å²) in [5.41, 5.74) is -6.92. The zero-order valence-electron chi connectivity index (χ0n) is 48.7. The van der Waals surface area contributed by atoms with E-state index in [1.807, 2.05) is 75.3 Å². The lowest BCUT2D eigenvalue weighted by Gasteiger charge is -2.31. The number of hydrogen-bond acceptors (Lipinski definition) is 12. The molecule has 0 heterocycles. The molecule has 0 rings (SSSR count). The van der Waals surface area contributed by atoms with Crippen LogP contribution in [-0.2, 0) is 0 Å². The van der Waals surface area contributed by atoms with Gasteiger partial charge in [-0.2, -0.15) is 0 Å². The van der Waals surface area contributed by atoms with Crippen LogP contribution in [0.4, 0.5) is 0 Å². The summed E-state index contributed by atoms with van der Waals surface area (Å²) in [5.74, 6) is 0. The van der Waals surface area contributed by atoms with Crippen LogP contribution in [0.15, 0.2) is 23.3 Å². The SMILES string of the molecule is CC(C)=CCC[C@@](C)(O)CCC[C@@](C)(O)CCC[C@@](C)(O)CCC[C@@](C)(O)CCC[C@@](C)(O)CCC[C@@](C)(O)CCC[C@@](C)(O)CCC[C@@](C)(O)CCC[C@@](C)(O)CCC/C(C)=C/CC[C@@](C)(O)[C@H](O)CO. The van der Waals surface area contributed by atoms with Crippen LogP contribution in [0.5, 0.6) is 0 Å². The van der Waals surface area contributed by atoms with Crippen LogP contribution in [0, 0.1) is 0 Å². The Bertz CT molecular complexity index is 1500. The average Bonchev–Trinajstić information content (AvgIpc) is 3.18. The van der Waals surface area contributed by atoms with Crippen molar-refractivity contribution in [2.24, 2.45) is 0 Å². The second-order valence-corrected chi connectivity index (χ2v) is 26.6. The maximum absolute atomic E-state index is 11.2. The molecule has 0 spiro atoms. The summed E-state index contributed by atoms with van der Waals surface area (Å²) in [6.45, 7) is 23.6. The van der Waals surface area contributed by atoms with E-state index in [-0.39, 0.29) is 0 Å². The van der Waals surface area contributed by atoms with Crippen molar-refractivity contribution < 1.29 is 61.3 Å². The van der Waals surface area contributed by atoms with Crippen LogP contribution in [0.2, 0.25) is 0 Å². The van der Waals surface area contributed by atoms with Gasteiger partial charge in [-0.05, 0) is 289 Å². The predicted octanol–water partition coefficient (Wildman–Crippen LogP) is 10.9. The van der Waals surface area contributed by atoms with Crippen molar-refractivity contribution in [3.8, 4) is 0 Å². The molecule has 0 bridgehead atoms. The van der Waals surface area contributed by atoms with Gasteiger partial charge < -0.3 is 61.3 Å². The monoisotopic (exact) mass is 1030 g/mol. The third kappa shape index (κ3) is 37.7. The summed E-state index contributed by atoms with van der Waals surface area (Å²) in [7, 11) is 0. The quantitative estimate of drug-likeness (QED) is 0.0255. The van der Waals surface area contributed by atoms with Crippen molar-refractivity contribution in [1.82, 2.24) is 0 Å². The van der Waals surface area contributed by atoms with E-state index in [0.29, 0.717) is 173 Å².